The highest BCUT2D eigenvalue weighted by Gasteiger charge is 2.18. The van der Waals surface area contributed by atoms with Crippen molar-refractivity contribution >= 4 is 6.41 Å². The number of hydrogen-bond donors (Lipinski definition) is 0. The van der Waals surface area contributed by atoms with E-state index in [0.29, 0.717) is 6.10 Å². The van der Waals surface area contributed by atoms with E-state index in [1.54, 1.807) is 0 Å². The van der Waals surface area contributed by atoms with Gasteiger partial charge in [-0.15, -0.1) is 0 Å². The summed E-state index contributed by atoms with van der Waals surface area (Å²) in [6, 6.07) is 0. The summed E-state index contributed by atoms with van der Waals surface area (Å²) in [6.45, 7) is 6.13. The summed E-state index contributed by atoms with van der Waals surface area (Å²) in [5, 5.41) is 0. The van der Waals surface area contributed by atoms with E-state index in [9.17, 15) is 4.79 Å². The fraction of sp³-hybridized carbons (Fsp3) is 0.917. The Balaban J connectivity index is 1.54. The highest BCUT2D eigenvalue weighted by Crippen LogP contribution is 2.13. The maximum atomic E-state index is 10.5. The number of ether oxygens (including phenoxy) is 1. The zero-order valence-corrected chi connectivity index (χ0v) is 9.94. The molecule has 0 aromatic heterocycles. The molecule has 0 aromatic carbocycles. The van der Waals surface area contributed by atoms with E-state index in [-0.39, 0.29) is 0 Å². The summed E-state index contributed by atoms with van der Waals surface area (Å²) in [7, 11) is 0. The van der Waals surface area contributed by atoms with E-state index in [1.807, 2.05) is 4.90 Å². The molecule has 2 rings (SSSR count). The van der Waals surface area contributed by atoms with Gasteiger partial charge in [-0.25, -0.2) is 0 Å². The lowest BCUT2D eigenvalue weighted by Gasteiger charge is -2.29. The number of likely N-dealkylation sites (tertiary alicyclic amines) is 2. The molecule has 0 N–H and O–H groups in total. The maximum absolute atomic E-state index is 10.5. The Morgan fingerprint density at radius 1 is 1.12 bits per heavy atom. The van der Waals surface area contributed by atoms with Crippen LogP contribution < -0.4 is 0 Å². The van der Waals surface area contributed by atoms with Crippen molar-refractivity contribution in [3.8, 4) is 0 Å². The first-order chi connectivity index (χ1) is 7.88. The number of carbonyl (C=O) groups is 1. The van der Waals surface area contributed by atoms with Crippen molar-refractivity contribution < 1.29 is 9.53 Å². The van der Waals surface area contributed by atoms with E-state index in [4.69, 9.17) is 4.74 Å². The highest BCUT2D eigenvalue weighted by atomic mass is 16.5. The first-order valence-electron chi connectivity index (χ1n) is 6.42. The van der Waals surface area contributed by atoms with Gasteiger partial charge in [0.2, 0.25) is 6.41 Å². The van der Waals surface area contributed by atoms with Crippen LogP contribution in [0.25, 0.3) is 0 Å². The molecule has 92 valence electrons. The van der Waals surface area contributed by atoms with Gasteiger partial charge in [0.15, 0.2) is 0 Å². The molecule has 0 radical (unpaired) electrons. The second kappa shape index (κ2) is 6.21. The van der Waals surface area contributed by atoms with Crippen LogP contribution in [-0.4, -0.2) is 61.6 Å². The third kappa shape index (κ3) is 3.46. The van der Waals surface area contributed by atoms with Crippen LogP contribution in [0.15, 0.2) is 0 Å². The first-order valence-corrected chi connectivity index (χ1v) is 6.42. The van der Waals surface area contributed by atoms with Crippen molar-refractivity contribution in [3.05, 3.63) is 0 Å². The molecule has 2 fully saturated rings. The van der Waals surface area contributed by atoms with Crippen molar-refractivity contribution in [2.24, 2.45) is 0 Å². The van der Waals surface area contributed by atoms with E-state index in [1.165, 1.54) is 25.9 Å². The Morgan fingerprint density at radius 3 is 2.44 bits per heavy atom. The van der Waals surface area contributed by atoms with Crippen molar-refractivity contribution in [1.82, 2.24) is 9.80 Å². The highest BCUT2D eigenvalue weighted by molar-refractivity contribution is 5.47. The summed E-state index contributed by atoms with van der Waals surface area (Å²) in [4.78, 5) is 14.8. The molecule has 2 heterocycles. The quantitative estimate of drug-likeness (QED) is 0.648. The van der Waals surface area contributed by atoms with Crippen LogP contribution in [0.4, 0.5) is 0 Å². The maximum Gasteiger partial charge on any atom is 0.209 e. The Morgan fingerprint density at radius 2 is 1.81 bits per heavy atom. The second-order valence-corrected chi connectivity index (χ2v) is 4.76. The molecule has 0 saturated carbocycles. The average Bonchev–Trinajstić information content (AvgIpc) is 2.83. The Labute approximate surface area is 97.5 Å². The Hall–Kier alpha value is -0.610. The molecule has 16 heavy (non-hydrogen) atoms. The van der Waals surface area contributed by atoms with Crippen LogP contribution in [0.2, 0.25) is 0 Å². The van der Waals surface area contributed by atoms with Gasteiger partial charge in [0.25, 0.3) is 0 Å². The third-order valence-electron chi connectivity index (χ3n) is 3.59. The summed E-state index contributed by atoms with van der Waals surface area (Å²) < 4.78 is 5.85. The van der Waals surface area contributed by atoms with Crippen molar-refractivity contribution in [2.75, 3.05) is 39.3 Å². The van der Waals surface area contributed by atoms with Gasteiger partial charge in [-0.05, 0) is 38.8 Å². The number of nitrogens with zero attached hydrogens (tertiary/aromatic N) is 2. The number of amides is 1. The SMILES string of the molecule is O=CN1CCC(OCCN2CCCC2)CC1. The van der Waals surface area contributed by atoms with Gasteiger partial charge >= 0.3 is 0 Å². The van der Waals surface area contributed by atoms with Crippen LogP contribution in [-0.2, 0) is 9.53 Å². The summed E-state index contributed by atoms with van der Waals surface area (Å²) >= 11 is 0. The fourth-order valence-electron chi connectivity index (χ4n) is 2.50. The average molecular weight is 226 g/mol. The lowest BCUT2D eigenvalue weighted by Crippen LogP contribution is -2.37. The normalized spacial score (nSPS) is 23.9. The lowest BCUT2D eigenvalue weighted by atomic mass is 10.1. The topological polar surface area (TPSA) is 32.8 Å². The molecule has 4 nitrogen and oxygen atoms in total. The van der Waals surface area contributed by atoms with Crippen LogP contribution >= 0.6 is 0 Å². The van der Waals surface area contributed by atoms with E-state index in [0.717, 1.165) is 45.5 Å². The standard InChI is InChI=1S/C12H22N2O2/c15-11-14-7-3-12(4-8-14)16-10-9-13-5-1-2-6-13/h11-12H,1-10H2. The minimum atomic E-state index is 0.374. The van der Waals surface area contributed by atoms with Crippen LogP contribution in [0, 0.1) is 0 Å². The van der Waals surface area contributed by atoms with Crippen molar-refractivity contribution in [2.45, 2.75) is 31.8 Å². The second-order valence-electron chi connectivity index (χ2n) is 4.76. The van der Waals surface area contributed by atoms with Crippen molar-refractivity contribution in [1.29, 1.82) is 0 Å². The Kier molecular flexibility index (Phi) is 4.60. The monoisotopic (exact) mass is 226 g/mol. The van der Waals surface area contributed by atoms with Crippen LogP contribution in [0.3, 0.4) is 0 Å². The van der Waals surface area contributed by atoms with Crippen LogP contribution in [0.5, 0.6) is 0 Å². The van der Waals surface area contributed by atoms with Gasteiger partial charge in [0.05, 0.1) is 12.7 Å². The molecule has 4 heteroatoms. The molecular formula is C12H22N2O2. The molecular weight excluding hydrogens is 204 g/mol. The molecule has 0 aliphatic carbocycles. The minimum Gasteiger partial charge on any atom is -0.377 e. The largest absolute Gasteiger partial charge is 0.377 e. The van der Waals surface area contributed by atoms with Gasteiger partial charge in [0.1, 0.15) is 0 Å². The molecule has 2 aliphatic heterocycles. The number of piperidine rings is 1. The number of carbonyl (C=O) groups excluding carboxylic acids is 1. The molecule has 2 aliphatic rings. The molecule has 0 spiro atoms. The third-order valence-corrected chi connectivity index (χ3v) is 3.59. The smallest absolute Gasteiger partial charge is 0.209 e. The van der Waals surface area contributed by atoms with E-state index in [2.05, 4.69) is 4.90 Å². The van der Waals surface area contributed by atoms with Crippen LogP contribution in [0.1, 0.15) is 25.7 Å². The number of rotatable bonds is 5. The molecule has 2 saturated heterocycles. The molecule has 0 aromatic rings. The predicted molar refractivity (Wildman–Crippen MR) is 62.3 cm³/mol. The molecule has 0 bridgehead atoms. The first kappa shape index (κ1) is 11.9. The molecule has 1 amide bonds. The van der Waals surface area contributed by atoms with E-state index >= 15 is 0 Å². The summed E-state index contributed by atoms with van der Waals surface area (Å²) in [6.07, 6.45) is 6.01. The summed E-state index contributed by atoms with van der Waals surface area (Å²) in [5.74, 6) is 0. The Bertz CT molecular complexity index is 209. The van der Waals surface area contributed by atoms with Gasteiger partial charge in [0, 0.05) is 19.6 Å². The zero-order valence-electron chi connectivity index (χ0n) is 9.94. The number of hydrogen-bond acceptors (Lipinski definition) is 3. The minimum absolute atomic E-state index is 0.374. The fourth-order valence-corrected chi connectivity index (χ4v) is 2.50. The lowest BCUT2D eigenvalue weighted by molar-refractivity contribution is -0.120. The van der Waals surface area contributed by atoms with Gasteiger partial charge < -0.3 is 14.5 Å². The van der Waals surface area contributed by atoms with Gasteiger partial charge in [-0.1, -0.05) is 0 Å². The molecule has 0 atom stereocenters. The van der Waals surface area contributed by atoms with Gasteiger partial charge in [-0.2, -0.15) is 0 Å². The summed E-state index contributed by atoms with van der Waals surface area (Å²) in [5.41, 5.74) is 0. The molecule has 0 unspecified atom stereocenters. The predicted octanol–water partition coefficient (Wildman–Crippen LogP) is 0.720. The zero-order chi connectivity index (χ0) is 11.2. The van der Waals surface area contributed by atoms with E-state index < -0.39 is 0 Å². The van der Waals surface area contributed by atoms with Gasteiger partial charge in [-0.3, -0.25) is 4.79 Å². The van der Waals surface area contributed by atoms with Crippen molar-refractivity contribution in [3.63, 3.8) is 0 Å².